The van der Waals surface area contributed by atoms with Gasteiger partial charge in [-0.15, -0.1) is 0 Å². The molecule has 0 radical (unpaired) electrons. The van der Waals surface area contributed by atoms with E-state index >= 15 is 0 Å². The zero-order valence-corrected chi connectivity index (χ0v) is 22.5. The minimum atomic E-state index is -3.75. The van der Waals surface area contributed by atoms with Crippen molar-refractivity contribution in [1.29, 1.82) is 0 Å². The van der Waals surface area contributed by atoms with Gasteiger partial charge in [-0.1, -0.05) is 43.2 Å². The first-order valence-electron chi connectivity index (χ1n) is 13.5. The molecular formula is C29H42O5S. The number of benzene rings is 1. The van der Waals surface area contributed by atoms with Crippen LogP contribution in [0.15, 0.2) is 40.8 Å². The number of aliphatic hydroxyl groups is 1. The molecule has 0 spiro atoms. The number of hydrogen-bond acceptors (Lipinski definition) is 5. The van der Waals surface area contributed by atoms with Gasteiger partial charge in [-0.3, -0.25) is 4.18 Å². The van der Waals surface area contributed by atoms with Gasteiger partial charge in [0.15, 0.2) is 0 Å². The first kappa shape index (κ1) is 25.4. The van der Waals surface area contributed by atoms with Crippen LogP contribution < -0.4 is 0 Å². The van der Waals surface area contributed by atoms with E-state index in [9.17, 15) is 13.5 Å². The number of methoxy groups -OCH3 is 1. The quantitative estimate of drug-likeness (QED) is 0.367. The fraction of sp³-hybridized carbons (Fsp3) is 0.724. The van der Waals surface area contributed by atoms with Gasteiger partial charge in [0.2, 0.25) is 0 Å². The maximum absolute atomic E-state index is 12.8. The van der Waals surface area contributed by atoms with E-state index in [1.807, 2.05) is 14.0 Å². The van der Waals surface area contributed by atoms with Gasteiger partial charge >= 0.3 is 0 Å². The molecule has 4 aliphatic rings. The third-order valence-corrected chi connectivity index (χ3v) is 11.5. The summed E-state index contributed by atoms with van der Waals surface area (Å²) < 4.78 is 37.1. The fourth-order valence-corrected chi connectivity index (χ4v) is 9.25. The fourth-order valence-electron chi connectivity index (χ4n) is 8.25. The monoisotopic (exact) mass is 502 g/mol. The molecule has 8 atom stereocenters. The molecule has 1 aromatic carbocycles. The average Bonchev–Trinajstić information content (AvgIpc) is 3.19. The summed E-state index contributed by atoms with van der Waals surface area (Å²) in [6.07, 6.45) is 11.1. The zero-order valence-electron chi connectivity index (χ0n) is 21.7. The predicted molar refractivity (Wildman–Crippen MR) is 136 cm³/mol. The van der Waals surface area contributed by atoms with Crippen LogP contribution in [0.1, 0.15) is 70.8 Å². The lowest BCUT2D eigenvalue weighted by Crippen LogP contribution is -2.38. The molecule has 4 fully saturated rings. The number of ether oxygens (including phenoxy) is 1. The zero-order chi connectivity index (χ0) is 25.0. The molecule has 4 aliphatic carbocycles. The Kier molecular flexibility index (Phi) is 6.74. The molecule has 5 unspecified atom stereocenters. The van der Waals surface area contributed by atoms with Crippen LogP contribution in [0, 0.1) is 41.4 Å². The molecule has 35 heavy (non-hydrogen) atoms. The molecule has 4 saturated carbocycles. The highest BCUT2D eigenvalue weighted by Crippen LogP contribution is 2.67. The SMILES string of the molecule is COC(C=C1CCC[C@@]2(C)C1CCC2[C@H](C)COS(=O)(=O)c1ccc(C)cc1)C12CC1C[C@H](O)C2. The van der Waals surface area contributed by atoms with Crippen molar-refractivity contribution in [2.45, 2.75) is 89.2 Å². The number of aryl methyl sites for hydroxylation is 1. The third-order valence-electron chi connectivity index (χ3n) is 10.2. The van der Waals surface area contributed by atoms with Gasteiger partial charge < -0.3 is 9.84 Å². The summed E-state index contributed by atoms with van der Waals surface area (Å²) in [7, 11) is -1.92. The van der Waals surface area contributed by atoms with Crippen molar-refractivity contribution in [3.63, 3.8) is 0 Å². The molecule has 1 N–H and O–H groups in total. The highest BCUT2D eigenvalue weighted by Gasteiger charge is 2.64. The third kappa shape index (κ3) is 4.54. The second-order valence-electron chi connectivity index (χ2n) is 12.3. The second-order valence-corrected chi connectivity index (χ2v) is 13.9. The Bertz CT molecular complexity index is 1060. The molecule has 0 bridgehead atoms. The number of fused-ring (bicyclic) bond motifs is 2. The summed E-state index contributed by atoms with van der Waals surface area (Å²) >= 11 is 0. The first-order valence-corrected chi connectivity index (χ1v) is 14.9. The molecular weight excluding hydrogens is 460 g/mol. The first-order chi connectivity index (χ1) is 16.6. The van der Waals surface area contributed by atoms with E-state index in [4.69, 9.17) is 8.92 Å². The highest BCUT2D eigenvalue weighted by atomic mass is 32.2. The Labute approximate surface area is 211 Å². The summed E-state index contributed by atoms with van der Waals surface area (Å²) in [6, 6.07) is 6.86. The van der Waals surface area contributed by atoms with Crippen LogP contribution in [0.4, 0.5) is 0 Å². The van der Waals surface area contributed by atoms with E-state index in [0.29, 0.717) is 17.8 Å². The minimum Gasteiger partial charge on any atom is -0.393 e. The Morgan fingerprint density at radius 1 is 1.20 bits per heavy atom. The summed E-state index contributed by atoms with van der Waals surface area (Å²) in [5, 5.41) is 10.2. The Balaban J connectivity index is 1.28. The van der Waals surface area contributed by atoms with Crippen LogP contribution in [-0.2, 0) is 19.0 Å². The average molecular weight is 503 g/mol. The smallest absolute Gasteiger partial charge is 0.296 e. The van der Waals surface area contributed by atoms with E-state index in [-0.39, 0.29) is 40.5 Å². The summed E-state index contributed by atoms with van der Waals surface area (Å²) in [5.74, 6) is 1.73. The lowest BCUT2D eigenvalue weighted by atomic mass is 9.61. The lowest BCUT2D eigenvalue weighted by Gasteiger charge is -2.44. The largest absolute Gasteiger partial charge is 0.393 e. The van der Waals surface area contributed by atoms with E-state index in [2.05, 4.69) is 19.9 Å². The van der Waals surface area contributed by atoms with Crippen molar-refractivity contribution in [2.75, 3.05) is 13.7 Å². The van der Waals surface area contributed by atoms with Gasteiger partial charge in [-0.25, -0.2) is 0 Å². The van der Waals surface area contributed by atoms with Crippen LogP contribution >= 0.6 is 0 Å². The maximum Gasteiger partial charge on any atom is 0.296 e. The molecule has 5 rings (SSSR count). The van der Waals surface area contributed by atoms with E-state index < -0.39 is 10.1 Å². The molecule has 194 valence electrons. The molecule has 0 saturated heterocycles. The van der Waals surface area contributed by atoms with E-state index in [1.165, 1.54) is 24.8 Å². The summed E-state index contributed by atoms with van der Waals surface area (Å²) in [6.45, 7) is 6.75. The van der Waals surface area contributed by atoms with Gasteiger partial charge in [0.1, 0.15) is 0 Å². The molecule has 0 aromatic heterocycles. The van der Waals surface area contributed by atoms with Gasteiger partial charge in [-0.05, 0) is 99.5 Å². The Hall–Kier alpha value is -1.21. The lowest BCUT2D eigenvalue weighted by molar-refractivity contribution is 0.0532. The molecule has 5 nitrogen and oxygen atoms in total. The van der Waals surface area contributed by atoms with Gasteiger partial charge in [0.25, 0.3) is 10.1 Å². The second kappa shape index (κ2) is 9.27. The molecule has 0 heterocycles. The highest BCUT2D eigenvalue weighted by molar-refractivity contribution is 7.86. The van der Waals surface area contributed by atoms with Crippen LogP contribution in [0.2, 0.25) is 0 Å². The topological polar surface area (TPSA) is 72.8 Å². The van der Waals surface area contributed by atoms with Crippen LogP contribution in [0.25, 0.3) is 0 Å². The van der Waals surface area contributed by atoms with Gasteiger partial charge in [-0.2, -0.15) is 8.42 Å². The number of allylic oxidation sites excluding steroid dienone is 1. The Morgan fingerprint density at radius 3 is 2.60 bits per heavy atom. The molecule has 6 heteroatoms. The number of aliphatic hydroxyl groups excluding tert-OH is 1. The normalized spacial score (nSPS) is 39.3. The predicted octanol–water partition coefficient (Wildman–Crippen LogP) is 5.66. The van der Waals surface area contributed by atoms with Crippen molar-refractivity contribution in [1.82, 2.24) is 0 Å². The number of rotatable bonds is 8. The van der Waals surface area contributed by atoms with Crippen molar-refractivity contribution < 1.29 is 22.4 Å². The van der Waals surface area contributed by atoms with Crippen molar-refractivity contribution >= 4 is 10.1 Å². The van der Waals surface area contributed by atoms with Crippen molar-refractivity contribution in [3.8, 4) is 0 Å². The molecule has 0 amide bonds. The van der Waals surface area contributed by atoms with Crippen molar-refractivity contribution in [3.05, 3.63) is 41.5 Å². The molecule has 1 aromatic rings. The van der Waals surface area contributed by atoms with E-state index in [1.54, 1.807) is 24.3 Å². The van der Waals surface area contributed by atoms with Crippen LogP contribution in [0.5, 0.6) is 0 Å². The van der Waals surface area contributed by atoms with Crippen LogP contribution in [-0.4, -0.2) is 39.4 Å². The standard InChI is InChI=1S/C29H42O5S/c1-19-7-9-24(10-8-19)35(31,32)34-18-20(2)25-11-12-26-21(6-5-13-28(25,26)3)14-27(33-4)29-16-22(29)15-23(30)17-29/h7-10,14,20,22-23,25-27,30H,5-6,11-13,15-18H2,1-4H3/t20-,22?,23+,25?,26?,27?,28-,29?/m1/s1. The van der Waals surface area contributed by atoms with Gasteiger partial charge in [0.05, 0.1) is 23.7 Å². The minimum absolute atomic E-state index is 0.0986. The van der Waals surface area contributed by atoms with E-state index in [0.717, 1.165) is 37.7 Å². The van der Waals surface area contributed by atoms with Crippen molar-refractivity contribution in [2.24, 2.45) is 34.5 Å². The summed E-state index contributed by atoms with van der Waals surface area (Å²) in [5.41, 5.74) is 2.88. The Morgan fingerprint density at radius 2 is 1.94 bits per heavy atom. The number of hydrogen-bond donors (Lipinski definition) is 1. The maximum atomic E-state index is 12.8. The molecule has 0 aliphatic heterocycles. The van der Waals surface area contributed by atoms with Gasteiger partial charge in [0, 0.05) is 12.5 Å². The van der Waals surface area contributed by atoms with Crippen LogP contribution in [0.3, 0.4) is 0 Å². The summed E-state index contributed by atoms with van der Waals surface area (Å²) in [4.78, 5) is 0.231.